The fourth-order valence-electron chi connectivity index (χ4n) is 9.15. The van der Waals surface area contributed by atoms with E-state index in [-0.39, 0.29) is 13.2 Å². The highest BCUT2D eigenvalue weighted by molar-refractivity contribution is 7.53. The molecule has 442 valence electrons. The van der Waals surface area contributed by atoms with Crippen LogP contribution in [0.5, 0.6) is 5.75 Å². The largest absolute Gasteiger partial charge is 0.426 e. The van der Waals surface area contributed by atoms with Crippen molar-refractivity contribution in [2.75, 3.05) is 26.4 Å². The van der Waals surface area contributed by atoms with Gasteiger partial charge < -0.3 is 62.8 Å². The van der Waals surface area contributed by atoms with E-state index in [0.717, 1.165) is 60.5 Å². The number of unbranched alkanes of at least 4 members (excludes halogenated alkanes) is 8. The second-order valence-electron chi connectivity index (χ2n) is 19.5. The maximum absolute atomic E-state index is 12.9. The van der Waals surface area contributed by atoms with Gasteiger partial charge in [-0.2, -0.15) is 0 Å². The van der Waals surface area contributed by atoms with Gasteiger partial charge in [0.25, 0.3) is 0 Å². The molecule has 79 heavy (non-hydrogen) atoms. The SMILES string of the molecule is CC(CO)OCC(O)(c1ccccc1)C(c1ccccc1)(c1ccccc1)c1ccccc1.CCCCCCCCCc1ccccc1OP(OCC(CC)CCCC)OCC(CC)CCCC.OP(O)O.OP(O)OP(O)O. The Hall–Kier alpha value is -2.90. The van der Waals surface area contributed by atoms with E-state index in [9.17, 15) is 10.2 Å². The molecule has 5 aromatic rings. The predicted octanol–water partition coefficient (Wildman–Crippen LogP) is 15.0. The molecule has 0 fully saturated rings. The molecule has 5 rings (SSSR count). The van der Waals surface area contributed by atoms with Gasteiger partial charge in [-0.25, -0.2) is 4.31 Å². The zero-order valence-corrected chi connectivity index (χ0v) is 51.2. The van der Waals surface area contributed by atoms with Crippen LogP contribution in [0.1, 0.15) is 166 Å². The van der Waals surface area contributed by atoms with Crippen molar-refractivity contribution in [2.45, 2.75) is 161 Å². The van der Waals surface area contributed by atoms with E-state index in [0.29, 0.717) is 11.8 Å². The second kappa shape index (κ2) is 43.7. The molecule has 0 aliphatic rings. The standard InChI is InChI=1S/C31H57O3P.C30H30O3.H4O5P2.H3O3P/c1-6-11-14-15-16-17-18-23-30-24-19-20-25-31(30)34-35(32-26-28(9-4)21-12-7-2)33-27-29(10-5)22-13-8-3;1-24(22-31)33-23-29(32,25-14-6-2-7-15-25)30(26-16-8-3-9-17-26,27-18-10-4-11-19-27)28-20-12-5-13-21-28;1-6(2)5-7(3)4;1-4(2)3/h19-20,24-25,28-29H,6-18,21-23,26-27H2,1-5H3;2-21,24,31-32H,22-23H2,1H3;1-4H;1-3H. The summed E-state index contributed by atoms with van der Waals surface area (Å²) in [6.07, 6.45) is 19.7. The summed E-state index contributed by atoms with van der Waals surface area (Å²) in [5.41, 5.74) is 2.43. The molecule has 4 atom stereocenters. The first-order valence-electron chi connectivity index (χ1n) is 28.1. The van der Waals surface area contributed by atoms with Crippen molar-refractivity contribution in [1.29, 1.82) is 0 Å². The minimum absolute atomic E-state index is 0.00256. The van der Waals surface area contributed by atoms with E-state index in [4.69, 9.17) is 52.6 Å². The van der Waals surface area contributed by atoms with Gasteiger partial charge in [0.15, 0.2) is 0 Å². The zero-order valence-electron chi connectivity index (χ0n) is 47.6. The molecule has 0 aliphatic heterocycles. The number of aliphatic hydroxyl groups excluding tert-OH is 1. The van der Waals surface area contributed by atoms with E-state index < -0.39 is 51.5 Å². The van der Waals surface area contributed by atoms with Crippen molar-refractivity contribution >= 4 is 34.4 Å². The van der Waals surface area contributed by atoms with E-state index >= 15 is 0 Å². The highest BCUT2D eigenvalue weighted by Crippen LogP contribution is 2.53. The topological polar surface area (TPSA) is 228 Å². The maximum atomic E-state index is 12.9. The predicted molar refractivity (Wildman–Crippen MR) is 324 cm³/mol. The van der Waals surface area contributed by atoms with Gasteiger partial charge in [-0.3, -0.25) is 0 Å². The summed E-state index contributed by atoms with van der Waals surface area (Å²) in [5.74, 6) is 2.11. The van der Waals surface area contributed by atoms with Gasteiger partial charge >= 0.3 is 34.4 Å². The average molecular weight is 1180 g/mol. The molecular weight excluding hydrogens is 1080 g/mol. The van der Waals surface area contributed by atoms with Crippen LogP contribution in [0.3, 0.4) is 0 Å². The number of ether oxygens (including phenoxy) is 1. The minimum Gasteiger partial charge on any atom is -0.426 e. The molecule has 9 N–H and O–H groups in total. The lowest BCUT2D eigenvalue weighted by Gasteiger charge is -2.49. The first-order valence-corrected chi connectivity index (χ1v) is 32.7. The molecule has 18 heteroatoms. The summed E-state index contributed by atoms with van der Waals surface area (Å²) in [6.45, 7) is 14.5. The van der Waals surface area contributed by atoms with Crippen LogP contribution in [-0.4, -0.2) is 77.0 Å². The monoisotopic (exact) mass is 1170 g/mol. The van der Waals surface area contributed by atoms with Crippen LogP contribution in [0.15, 0.2) is 146 Å². The summed E-state index contributed by atoms with van der Waals surface area (Å²) >= 11 is 0. The number of para-hydroxylation sites is 1. The number of aliphatic hydroxyl groups is 2. The molecule has 0 spiro atoms. The molecular formula is C61H94O14P4. The molecule has 0 saturated carbocycles. The number of hydrogen-bond donors (Lipinski definition) is 9. The first kappa shape index (κ1) is 72.2. The molecule has 0 amide bonds. The number of aryl methyl sites for hydroxylation is 1. The Balaban J connectivity index is 0.000000454. The van der Waals surface area contributed by atoms with Crippen LogP contribution < -0.4 is 4.52 Å². The highest BCUT2D eigenvalue weighted by Gasteiger charge is 2.55. The van der Waals surface area contributed by atoms with Crippen LogP contribution in [-0.2, 0) is 35.5 Å². The summed E-state index contributed by atoms with van der Waals surface area (Å²) in [4.78, 5) is 53.0. The number of benzene rings is 5. The summed E-state index contributed by atoms with van der Waals surface area (Å²) in [6, 6.07) is 48.5. The normalized spacial score (nSPS) is 13.7. The lowest BCUT2D eigenvalue weighted by atomic mass is 9.57. The second-order valence-corrected chi connectivity index (χ2v) is 22.8. The molecule has 5 aromatic carbocycles. The van der Waals surface area contributed by atoms with Crippen molar-refractivity contribution in [2.24, 2.45) is 11.8 Å². The quantitative estimate of drug-likeness (QED) is 0.0104. The number of hydrogen-bond acceptors (Lipinski definition) is 14. The highest BCUT2D eigenvalue weighted by atomic mass is 31.2. The van der Waals surface area contributed by atoms with Crippen LogP contribution in [0.2, 0.25) is 0 Å². The molecule has 14 nitrogen and oxygen atoms in total. The Bertz CT molecular complexity index is 2060. The fourth-order valence-corrected chi connectivity index (χ4v) is 10.9. The molecule has 0 radical (unpaired) electrons. The van der Waals surface area contributed by atoms with Gasteiger partial charge in [-0.05, 0) is 78.3 Å². The van der Waals surface area contributed by atoms with Crippen molar-refractivity contribution in [3.05, 3.63) is 173 Å². The Morgan fingerprint density at radius 2 is 0.861 bits per heavy atom. The van der Waals surface area contributed by atoms with Crippen LogP contribution in [0.25, 0.3) is 0 Å². The van der Waals surface area contributed by atoms with Gasteiger partial charge in [-0.1, -0.05) is 251 Å². The Kier molecular flexibility index (Phi) is 40.0. The summed E-state index contributed by atoms with van der Waals surface area (Å²) < 4.78 is 28.9. The van der Waals surface area contributed by atoms with Gasteiger partial charge in [0.05, 0.1) is 37.9 Å². The fraction of sp³-hybridized carbons (Fsp3) is 0.508. The lowest BCUT2D eigenvalue weighted by Crippen LogP contribution is -2.54. The van der Waals surface area contributed by atoms with Crippen LogP contribution in [0.4, 0.5) is 0 Å². The zero-order chi connectivity index (χ0) is 58.2. The average Bonchev–Trinajstić information content (AvgIpc) is 3.59. The molecule has 4 unspecified atom stereocenters. The van der Waals surface area contributed by atoms with Crippen molar-refractivity contribution in [1.82, 2.24) is 0 Å². The minimum atomic E-state index is -2.62. The van der Waals surface area contributed by atoms with Gasteiger partial charge in [-0.15, -0.1) is 0 Å². The van der Waals surface area contributed by atoms with Gasteiger partial charge in [0.2, 0.25) is 0 Å². The van der Waals surface area contributed by atoms with Crippen LogP contribution in [0, 0.1) is 11.8 Å². The Morgan fingerprint density at radius 1 is 0.481 bits per heavy atom. The maximum Gasteiger partial charge on any atom is 0.397 e. The number of rotatable bonds is 35. The van der Waals surface area contributed by atoms with Crippen molar-refractivity contribution in [3.8, 4) is 5.75 Å². The Morgan fingerprint density at radius 3 is 1.24 bits per heavy atom. The third kappa shape index (κ3) is 27.8. The van der Waals surface area contributed by atoms with Gasteiger partial charge in [0.1, 0.15) is 11.4 Å². The molecule has 0 bridgehead atoms. The van der Waals surface area contributed by atoms with Crippen molar-refractivity contribution in [3.63, 3.8) is 0 Å². The van der Waals surface area contributed by atoms with E-state index in [1.54, 1.807) is 6.92 Å². The van der Waals surface area contributed by atoms with E-state index in [2.05, 4.69) is 99.6 Å². The van der Waals surface area contributed by atoms with Crippen LogP contribution >= 0.6 is 34.4 Å². The van der Waals surface area contributed by atoms with E-state index in [1.807, 2.05) is 84.9 Å². The van der Waals surface area contributed by atoms with Crippen molar-refractivity contribution < 1.29 is 67.1 Å². The summed E-state index contributed by atoms with van der Waals surface area (Å²) in [5, 5.41) is 22.5. The summed E-state index contributed by atoms with van der Waals surface area (Å²) in [7, 11) is -9.23. The molecule has 0 saturated heterocycles. The van der Waals surface area contributed by atoms with Gasteiger partial charge in [0, 0.05) is 0 Å². The molecule has 0 heterocycles. The Labute approximate surface area is 478 Å². The third-order valence-corrected chi connectivity index (χ3v) is 15.8. The van der Waals surface area contributed by atoms with E-state index in [1.165, 1.54) is 89.0 Å². The third-order valence-electron chi connectivity index (χ3n) is 13.6. The first-order chi connectivity index (χ1) is 38.2. The smallest absolute Gasteiger partial charge is 0.397 e. The molecule has 0 aliphatic carbocycles. The molecule has 0 aromatic heterocycles. The lowest BCUT2D eigenvalue weighted by molar-refractivity contribution is -0.109.